The van der Waals surface area contributed by atoms with Crippen LogP contribution in [0, 0.1) is 13.8 Å². The van der Waals surface area contributed by atoms with Crippen LogP contribution in [0.3, 0.4) is 0 Å². The van der Waals surface area contributed by atoms with Crippen molar-refractivity contribution in [3.05, 3.63) is 47.0 Å². The maximum Gasteiger partial charge on any atom is 0.140 e. The molecule has 2 rings (SSSR count). The molecule has 0 aliphatic rings. The lowest BCUT2D eigenvalue weighted by molar-refractivity contribution is 0.636. The van der Waals surface area contributed by atoms with Crippen molar-refractivity contribution in [3.8, 4) is 0 Å². The van der Waals surface area contributed by atoms with E-state index in [-0.39, 0.29) is 0 Å². The average Bonchev–Trinajstić information content (AvgIpc) is 2.71. The van der Waals surface area contributed by atoms with Gasteiger partial charge < -0.3 is 5.73 Å². The van der Waals surface area contributed by atoms with Crippen molar-refractivity contribution in [3.63, 3.8) is 0 Å². The van der Waals surface area contributed by atoms with Crippen LogP contribution in [-0.2, 0) is 13.1 Å². The van der Waals surface area contributed by atoms with Crippen LogP contribution < -0.4 is 5.73 Å². The fraction of sp³-hybridized carbons (Fsp3) is 0.333. The molecule has 0 saturated carbocycles. The highest BCUT2D eigenvalue weighted by atomic mass is 15.3. The lowest BCUT2D eigenvalue weighted by Crippen LogP contribution is -2.11. The van der Waals surface area contributed by atoms with Gasteiger partial charge in [0.05, 0.1) is 13.1 Å². The van der Waals surface area contributed by atoms with Crippen LogP contribution in [0.15, 0.2) is 24.5 Å². The third-order valence-corrected chi connectivity index (χ3v) is 2.70. The van der Waals surface area contributed by atoms with Crippen molar-refractivity contribution in [1.29, 1.82) is 0 Å². The smallest absolute Gasteiger partial charge is 0.140 e. The number of aromatic nitrogens is 3. The number of rotatable bonds is 3. The molecule has 4 nitrogen and oxygen atoms in total. The molecule has 1 aromatic carbocycles. The quantitative estimate of drug-likeness (QED) is 0.843. The lowest BCUT2D eigenvalue weighted by Gasteiger charge is -2.08. The summed E-state index contributed by atoms with van der Waals surface area (Å²) in [5.41, 5.74) is 9.38. The Balaban J connectivity index is 2.30. The Kier molecular flexibility index (Phi) is 3.01. The number of aryl methyl sites for hydroxylation is 2. The molecule has 0 unspecified atom stereocenters. The summed E-state index contributed by atoms with van der Waals surface area (Å²) < 4.78 is 1.85. The Labute approximate surface area is 95.1 Å². The number of hydrogen-bond acceptors (Lipinski definition) is 3. The molecule has 2 aromatic rings. The fourth-order valence-corrected chi connectivity index (χ4v) is 1.71. The van der Waals surface area contributed by atoms with Crippen LogP contribution in [0.25, 0.3) is 0 Å². The number of nitrogens with two attached hydrogens (primary N) is 1. The van der Waals surface area contributed by atoms with E-state index in [1.165, 1.54) is 16.7 Å². The number of nitrogens with zero attached hydrogens (tertiary/aromatic N) is 3. The van der Waals surface area contributed by atoms with Crippen LogP contribution in [0.5, 0.6) is 0 Å². The summed E-state index contributed by atoms with van der Waals surface area (Å²) >= 11 is 0. The maximum atomic E-state index is 5.59. The summed E-state index contributed by atoms with van der Waals surface area (Å²) in [5, 5.41) is 4.18. The summed E-state index contributed by atoms with van der Waals surface area (Å²) in [6.45, 7) is 5.35. The molecule has 0 saturated heterocycles. The highest BCUT2D eigenvalue weighted by Gasteiger charge is 2.05. The summed E-state index contributed by atoms with van der Waals surface area (Å²) in [6, 6.07) is 6.42. The SMILES string of the molecule is Cc1ccc(C)c(Cn2ncnc2CN)c1. The molecule has 4 heteroatoms. The minimum atomic E-state index is 0.421. The van der Waals surface area contributed by atoms with Gasteiger partial charge >= 0.3 is 0 Å². The fourth-order valence-electron chi connectivity index (χ4n) is 1.71. The van der Waals surface area contributed by atoms with Gasteiger partial charge in [-0.1, -0.05) is 23.8 Å². The van der Waals surface area contributed by atoms with Crippen LogP contribution in [0.2, 0.25) is 0 Å². The molecule has 1 aromatic heterocycles. The molecule has 0 bridgehead atoms. The Morgan fingerprint density at radius 1 is 1.31 bits per heavy atom. The zero-order valence-electron chi connectivity index (χ0n) is 9.64. The second-order valence-electron chi connectivity index (χ2n) is 3.97. The Morgan fingerprint density at radius 3 is 2.88 bits per heavy atom. The second kappa shape index (κ2) is 4.45. The molecule has 16 heavy (non-hydrogen) atoms. The van der Waals surface area contributed by atoms with Gasteiger partial charge in [-0.2, -0.15) is 5.10 Å². The van der Waals surface area contributed by atoms with Crippen LogP contribution in [0.1, 0.15) is 22.5 Å². The van der Waals surface area contributed by atoms with Crippen molar-refractivity contribution in [2.24, 2.45) is 5.73 Å². The van der Waals surface area contributed by atoms with Gasteiger partial charge in [-0.3, -0.25) is 0 Å². The van der Waals surface area contributed by atoms with E-state index in [9.17, 15) is 0 Å². The van der Waals surface area contributed by atoms with E-state index in [0.717, 1.165) is 12.4 Å². The first-order valence-electron chi connectivity index (χ1n) is 5.33. The maximum absolute atomic E-state index is 5.59. The van der Waals surface area contributed by atoms with E-state index in [2.05, 4.69) is 42.1 Å². The Bertz CT molecular complexity index is 488. The predicted octanol–water partition coefficient (Wildman–Crippen LogP) is 1.40. The summed E-state index contributed by atoms with van der Waals surface area (Å²) in [6.07, 6.45) is 1.55. The molecule has 0 spiro atoms. The molecule has 2 N–H and O–H groups in total. The molecule has 0 fully saturated rings. The third kappa shape index (κ3) is 2.12. The predicted molar refractivity (Wildman–Crippen MR) is 62.9 cm³/mol. The minimum Gasteiger partial charge on any atom is -0.324 e. The summed E-state index contributed by atoms with van der Waals surface area (Å²) in [5.74, 6) is 0.820. The Hall–Kier alpha value is -1.68. The molecule has 84 valence electrons. The van der Waals surface area contributed by atoms with Crippen molar-refractivity contribution >= 4 is 0 Å². The summed E-state index contributed by atoms with van der Waals surface area (Å²) in [4.78, 5) is 4.11. The van der Waals surface area contributed by atoms with Crippen molar-refractivity contribution in [2.45, 2.75) is 26.9 Å². The monoisotopic (exact) mass is 216 g/mol. The molecular weight excluding hydrogens is 200 g/mol. The van der Waals surface area contributed by atoms with Gasteiger partial charge in [0.2, 0.25) is 0 Å². The normalized spacial score (nSPS) is 10.7. The van der Waals surface area contributed by atoms with Crippen LogP contribution in [-0.4, -0.2) is 14.8 Å². The molecule has 0 aliphatic carbocycles. The standard InChI is InChI=1S/C12H16N4/c1-9-3-4-10(2)11(5-9)7-16-12(6-13)14-8-15-16/h3-5,8H,6-7,13H2,1-2H3. The van der Waals surface area contributed by atoms with Crippen molar-refractivity contribution in [1.82, 2.24) is 14.8 Å². The zero-order chi connectivity index (χ0) is 11.5. The van der Waals surface area contributed by atoms with E-state index in [0.29, 0.717) is 6.54 Å². The Morgan fingerprint density at radius 2 is 2.12 bits per heavy atom. The van der Waals surface area contributed by atoms with E-state index >= 15 is 0 Å². The van der Waals surface area contributed by atoms with Gasteiger partial charge in [0.15, 0.2) is 0 Å². The zero-order valence-corrected chi connectivity index (χ0v) is 9.64. The molecule has 0 amide bonds. The molecule has 0 aliphatic heterocycles. The van der Waals surface area contributed by atoms with Gasteiger partial charge in [0.1, 0.15) is 12.2 Å². The molecule has 1 heterocycles. The first kappa shape index (κ1) is 10.8. The highest BCUT2D eigenvalue weighted by Crippen LogP contribution is 2.12. The second-order valence-corrected chi connectivity index (χ2v) is 3.97. The first-order valence-corrected chi connectivity index (χ1v) is 5.33. The minimum absolute atomic E-state index is 0.421. The van der Waals surface area contributed by atoms with Gasteiger partial charge in [0, 0.05) is 0 Å². The van der Waals surface area contributed by atoms with E-state index in [1.54, 1.807) is 6.33 Å². The highest BCUT2D eigenvalue weighted by molar-refractivity contribution is 5.30. The van der Waals surface area contributed by atoms with Crippen molar-refractivity contribution < 1.29 is 0 Å². The number of hydrogen-bond donors (Lipinski definition) is 1. The van der Waals surface area contributed by atoms with Gasteiger partial charge in [-0.25, -0.2) is 9.67 Å². The van der Waals surface area contributed by atoms with Crippen LogP contribution >= 0.6 is 0 Å². The topological polar surface area (TPSA) is 56.7 Å². The first-order chi connectivity index (χ1) is 7.70. The largest absolute Gasteiger partial charge is 0.324 e. The average molecular weight is 216 g/mol. The molecule has 0 atom stereocenters. The van der Waals surface area contributed by atoms with Crippen molar-refractivity contribution in [2.75, 3.05) is 0 Å². The molecule has 0 radical (unpaired) electrons. The van der Waals surface area contributed by atoms with E-state index in [4.69, 9.17) is 5.73 Å². The third-order valence-electron chi connectivity index (χ3n) is 2.70. The van der Waals surface area contributed by atoms with Crippen LogP contribution in [0.4, 0.5) is 0 Å². The number of benzene rings is 1. The molecular formula is C12H16N4. The van der Waals surface area contributed by atoms with Gasteiger partial charge in [-0.15, -0.1) is 0 Å². The lowest BCUT2D eigenvalue weighted by atomic mass is 10.1. The van der Waals surface area contributed by atoms with Gasteiger partial charge in [-0.05, 0) is 25.0 Å². The van der Waals surface area contributed by atoms with Gasteiger partial charge in [0.25, 0.3) is 0 Å². The van der Waals surface area contributed by atoms with E-state index < -0.39 is 0 Å². The van der Waals surface area contributed by atoms with E-state index in [1.807, 2.05) is 4.68 Å². The summed E-state index contributed by atoms with van der Waals surface area (Å²) in [7, 11) is 0.